The lowest BCUT2D eigenvalue weighted by Gasteiger charge is -2.33. The normalized spacial score (nSPS) is 47.5. The molecule has 2 bridgehead atoms. The van der Waals surface area contributed by atoms with Crippen LogP contribution < -0.4 is 0 Å². The highest BCUT2D eigenvalue weighted by Gasteiger charge is 2.45. The fourth-order valence-electron chi connectivity index (χ4n) is 3.76. The van der Waals surface area contributed by atoms with Gasteiger partial charge < -0.3 is 0 Å². The summed E-state index contributed by atoms with van der Waals surface area (Å²) in [4.78, 5) is 2.85. The molecular weight excluding hydrogens is 146 g/mol. The SMILES string of the molecule is C1CCC2[C@@H]3CC[C@@H](C3)N2CC1. The molecule has 2 aliphatic heterocycles. The first-order chi connectivity index (χ1) is 5.95. The number of hydrogen-bond donors (Lipinski definition) is 0. The summed E-state index contributed by atoms with van der Waals surface area (Å²) >= 11 is 0. The Kier molecular flexibility index (Phi) is 1.68. The molecular formula is C11H19N. The van der Waals surface area contributed by atoms with E-state index in [9.17, 15) is 0 Å². The lowest BCUT2D eigenvalue weighted by atomic mass is 9.95. The zero-order valence-electron chi connectivity index (χ0n) is 7.84. The molecule has 1 unspecified atom stereocenters. The van der Waals surface area contributed by atoms with Crippen molar-refractivity contribution in [1.29, 1.82) is 0 Å². The molecule has 68 valence electrons. The van der Waals surface area contributed by atoms with Crippen LogP contribution in [-0.4, -0.2) is 23.5 Å². The lowest BCUT2D eigenvalue weighted by molar-refractivity contribution is 0.142. The molecule has 0 amide bonds. The van der Waals surface area contributed by atoms with E-state index in [0.29, 0.717) is 0 Å². The largest absolute Gasteiger partial charge is 0.297 e. The minimum atomic E-state index is 1.01. The van der Waals surface area contributed by atoms with E-state index in [0.717, 1.165) is 18.0 Å². The fourth-order valence-corrected chi connectivity index (χ4v) is 3.76. The van der Waals surface area contributed by atoms with Crippen molar-refractivity contribution >= 4 is 0 Å². The number of fused-ring (bicyclic) bond motifs is 5. The predicted octanol–water partition coefficient (Wildman–Crippen LogP) is 2.41. The van der Waals surface area contributed by atoms with E-state index in [1.165, 1.54) is 38.6 Å². The van der Waals surface area contributed by atoms with Crippen LogP contribution in [0.15, 0.2) is 0 Å². The molecule has 0 N–H and O–H groups in total. The van der Waals surface area contributed by atoms with Gasteiger partial charge in [0.1, 0.15) is 0 Å². The van der Waals surface area contributed by atoms with Gasteiger partial charge in [-0.2, -0.15) is 0 Å². The Morgan fingerprint density at radius 2 is 1.92 bits per heavy atom. The van der Waals surface area contributed by atoms with E-state index >= 15 is 0 Å². The molecule has 3 aliphatic rings. The van der Waals surface area contributed by atoms with Crippen molar-refractivity contribution in [1.82, 2.24) is 4.90 Å². The molecule has 3 atom stereocenters. The third-order valence-corrected chi connectivity index (χ3v) is 4.30. The molecule has 12 heavy (non-hydrogen) atoms. The van der Waals surface area contributed by atoms with E-state index < -0.39 is 0 Å². The summed E-state index contributed by atoms with van der Waals surface area (Å²) in [7, 11) is 0. The first-order valence-electron chi connectivity index (χ1n) is 5.71. The Morgan fingerprint density at radius 3 is 2.92 bits per heavy atom. The van der Waals surface area contributed by atoms with Crippen molar-refractivity contribution in [3.05, 3.63) is 0 Å². The van der Waals surface area contributed by atoms with Crippen molar-refractivity contribution in [2.45, 2.75) is 57.0 Å². The summed E-state index contributed by atoms with van der Waals surface area (Å²) in [5.74, 6) is 1.10. The van der Waals surface area contributed by atoms with Gasteiger partial charge in [-0.05, 0) is 44.6 Å². The van der Waals surface area contributed by atoms with Crippen LogP contribution in [-0.2, 0) is 0 Å². The Labute approximate surface area is 75.1 Å². The molecule has 2 saturated heterocycles. The molecule has 0 radical (unpaired) electrons. The summed E-state index contributed by atoms with van der Waals surface area (Å²) in [6.45, 7) is 1.42. The van der Waals surface area contributed by atoms with Crippen molar-refractivity contribution in [3.63, 3.8) is 0 Å². The summed E-state index contributed by atoms with van der Waals surface area (Å²) < 4.78 is 0. The average Bonchev–Trinajstić information content (AvgIpc) is 2.58. The highest BCUT2D eigenvalue weighted by molar-refractivity contribution is 4.99. The Balaban J connectivity index is 1.81. The van der Waals surface area contributed by atoms with E-state index in [1.807, 2.05) is 0 Å². The van der Waals surface area contributed by atoms with Crippen molar-refractivity contribution < 1.29 is 0 Å². The molecule has 3 rings (SSSR count). The second-order valence-corrected chi connectivity index (χ2v) is 4.88. The van der Waals surface area contributed by atoms with Crippen LogP contribution in [0.3, 0.4) is 0 Å². The van der Waals surface area contributed by atoms with Gasteiger partial charge in [0, 0.05) is 12.1 Å². The summed E-state index contributed by atoms with van der Waals surface area (Å²) in [6, 6.07) is 2.03. The van der Waals surface area contributed by atoms with Gasteiger partial charge in [0.05, 0.1) is 0 Å². The predicted molar refractivity (Wildman–Crippen MR) is 50.1 cm³/mol. The smallest absolute Gasteiger partial charge is 0.0127 e. The highest BCUT2D eigenvalue weighted by atomic mass is 15.2. The third-order valence-electron chi connectivity index (χ3n) is 4.30. The summed E-state index contributed by atoms with van der Waals surface area (Å²) in [5.41, 5.74) is 0. The summed E-state index contributed by atoms with van der Waals surface area (Å²) in [6.07, 6.45) is 10.6. The first-order valence-corrected chi connectivity index (χ1v) is 5.71. The number of piperidine rings is 1. The maximum Gasteiger partial charge on any atom is 0.0127 e. The molecule has 0 aromatic heterocycles. The zero-order chi connectivity index (χ0) is 7.97. The molecule has 0 aromatic carbocycles. The maximum atomic E-state index is 2.85. The zero-order valence-corrected chi connectivity index (χ0v) is 7.84. The Bertz CT molecular complexity index is 160. The minimum absolute atomic E-state index is 1.01. The molecule has 1 aliphatic carbocycles. The van der Waals surface area contributed by atoms with Gasteiger partial charge in [-0.25, -0.2) is 0 Å². The number of nitrogens with zero attached hydrogens (tertiary/aromatic N) is 1. The van der Waals surface area contributed by atoms with Gasteiger partial charge in [-0.15, -0.1) is 0 Å². The Hall–Kier alpha value is -0.0400. The standard InChI is InChI=1S/C11H19N/c1-2-4-11-9-5-6-10(8-9)12(11)7-3-1/h9-11H,1-8H2/t9-,10+,11?/m1/s1. The second-order valence-electron chi connectivity index (χ2n) is 4.88. The van der Waals surface area contributed by atoms with Crippen LogP contribution in [0, 0.1) is 5.92 Å². The van der Waals surface area contributed by atoms with Gasteiger partial charge in [0.25, 0.3) is 0 Å². The molecule has 0 spiro atoms. The monoisotopic (exact) mass is 165 g/mol. The fraction of sp³-hybridized carbons (Fsp3) is 1.00. The molecule has 1 saturated carbocycles. The van der Waals surface area contributed by atoms with Gasteiger partial charge >= 0.3 is 0 Å². The molecule has 1 heteroatoms. The van der Waals surface area contributed by atoms with Crippen molar-refractivity contribution in [2.24, 2.45) is 5.92 Å². The van der Waals surface area contributed by atoms with Crippen LogP contribution in [0.4, 0.5) is 0 Å². The third kappa shape index (κ3) is 0.953. The maximum absolute atomic E-state index is 2.85. The highest BCUT2D eigenvalue weighted by Crippen LogP contribution is 2.45. The van der Waals surface area contributed by atoms with Crippen LogP contribution in [0.25, 0.3) is 0 Å². The number of hydrogen-bond acceptors (Lipinski definition) is 1. The van der Waals surface area contributed by atoms with Crippen molar-refractivity contribution in [3.8, 4) is 0 Å². The van der Waals surface area contributed by atoms with Crippen LogP contribution >= 0.6 is 0 Å². The van der Waals surface area contributed by atoms with Crippen LogP contribution in [0.1, 0.15) is 44.9 Å². The van der Waals surface area contributed by atoms with Crippen LogP contribution in [0.5, 0.6) is 0 Å². The average molecular weight is 165 g/mol. The molecule has 0 aromatic rings. The molecule has 1 nitrogen and oxygen atoms in total. The lowest BCUT2D eigenvalue weighted by Crippen LogP contribution is -2.40. The van der Waals surface area contributed by atoms with E-state index in [4.69, 9.17) is 0 Å². The van der Waals surface area contributed by atoms with Gasteiger partial charge in [-0.1, -0.05) is 12.8 Å². The molecule has 2 heterocycles. The van der Waals surface area contributed by atoms with Gasteiger partial charge in [0.2, 0.25) is 0 Å². The van der Waals surface area contributed by atoms with E-state index in [1.54, 1.807) is 12.8 Å². The quantitative estimate of drug-likeness (QED) is 0.533. The number of rotatable bonds is 0. The first kappa shape index (κ1) is 7.37. The van der Waals surface area contributed by atoms with Crippen molar-refractivity contribution in [2.75, 3.05) is 6.54 Å². The molecule has 3 fully saturated rings. The van der Waals surface area contributed by atoms with Gasteiger partial charge in [-0.3, -0.25) is 4.90 Å². The van der Waals surface area contributed by atoms with Gasteiger partial charge in [0.15, 0.2) is 0 Å². The Morgan fingerprint density at radius 1 is 0.917 bits per heavy atom. The van der Waals surface area contributed by atoms with Crippen LogP contribution in [0.2, 0.25) is 0 Å². The second kappa shape index (κ2) is 2.73. The minimum Gasteiger partial charge on any atom is -0.297 e. The van der Waals surface area contributed by atoms with E-state index in [2.05, 4.69) is 4.90 Å². The topological polar surface area (TPSA) is 3.24 Å². The van der Waals surface area contributed by atoms with E-state index in [-0.39, 0.29) is 0 Å². The summed E-state index contributed by atoms with van der Waals surface area (Å²) in [5, 5.41) is 0.